The van der Waals surface area contributed by atoms with Crippen LogP contribution in [0.5, 0.6) is 0 Å². The third-order valence-electron chi connectivity index (χ3n) is 4.57. The number of alkyl halides is 1. The molecule has 0 bridgehead atoms. The van der Waals surface area contributed by atoms with Crippen LogP contribution in [0.15, 0.2) is 0 Å². The summed E-state index contributed by atoms with van der Waals surface area (Å²) < 4.78 is 14.2. The van der Waals surface area contributed by atoms with E-state index in [1.807, 2.05) is 0 Å². The van der Waals surface area contributed by atoms with Gasteiger partial charge in [-0.15, -0.1) is 0 Å². The third-order valence-corrected chi connectivity index (χ3v) is 4.57. The van der Waals surface area contributed by atoms with E-state index in [1.165, 1.54) is 57.8 Å². The SMILES string of the molecule is CCCCCCCCCCCCC1(F)CCC(N)C1. The van der Waals surface area contributed by atoms with Crippen LogP contribution in [0.25, 0.3) is 0 Å². The van der Waals surface area contributed by atoms with Crippen LogP contribution in [0, 0.1) is 0 Å². The van der Waals surface area contributed by atoms with Gasteiger partial charge in [0, 0.05) is 6.04 Å². The number of unbranched alkanes of at least 4 members (excludes halogenated alkanes) is 9. The summed E-state index contributed by atoms with van der Waals surface area (Å²) in [6.45, 7) is 2.26. The van der Waals surface area contributed by atoms with Crippen LogP contribution in [0.1, 0.15) is 96.8 Å². The van der Waals surface area contributed by atoms with E-state index in [4.69, 9.17) is 5.73 Å². The molecule has 19 heavy (non-hydrogen) atoms. The van der Waals surface area contributed by atoms with Gasteiger partial charge in [-0.3, -0.25) is 0 Å². The topological polar surface area (TPSA) is 26.0 Å². The minimum Gasteiger partial charge on any atom is -0.328 e. The zero-order valence-corrected chi connectivity index (χ0v) is 12.9. The minimum atomic E-state index is -0.917. The average molecular weight is 271 g/mol. The number of rotatable bonds is 11. The largest absolute Gasteiger partial charge is 0.328 e. The van der Waals surface area contributed by atoms with Crippen molar-refractivity contribution in [3.05, 3.63) is 0 Å². The monoisotopic (exact) mass is 271 g/mol. The van der Waals surface area contributed by atoms with Crippen LogP contribution in [-0.2, 0) is 0 Å². The Balaban J connectivity index is 1.84. The molecule has 114 valence electrons. The van der Waals surface area contributed by atoms with E-state index >= 15 is 0 Å². The molecule has 0 aliphatic heterocycles. The Morgan fingerprint density at radius 2 is 1.47 bits per heavy atom. The number of hydrogen-bond acceptors (Lipinski definition) is 1. The summed E-state index contributed by atoms with van der Waals surface area (Å²) in [4.78, 5) is 0. The fourth-order valence-corrected chi connectivity index (χ4v) is 3.27. The van der Waals surface area contributed by atoms with Crippen molar-refractivity contribution in [3.8, 4) is 0 Å². The maximum absolute atomic E-state index is 14.2. The molecule has 2 heteroatoms. The summed E-state index contributed by atoms with van der Waals surface area (Å²) in [6, 6.07) is 0.119. The van der Waals surface area contributed by atoms with Crippen molar-refractivity contribution in [3.63, 3.8) is 0 Å². The van der Waals surface area contributed by atoms with Crippen LogP contribution in [0.4, 0.5) is 4.39 Å². The molecule has 2 N–H and O–H groups in total. The molecule has 0 aromatic heterocycles. The van der Waals surface area contributed by atoms with Gasteiger partial charge in [0.05, 0.1) is 0 Å². The van der Waals surface area contributed by atoms with E-state index in [9.17, 15) is 4.39 Å². The van der Waals surface area contributed by atoms with Gasteiger partial charge >= 0.3 is 0 Å². The van der Waals surface area contributed by atoms with Crippen molar-refractivity contribution < 1.29 is 4.39 Å². The summed E-state index contributed by atoms with van der Waals surface area (Å²) in [5, 5.41) is 0. The predicted octanol–water partition coefficient (Wildman–Crippen LogP) is 5.52. The first kappa shape index (κ1) is 16.9. The second-order valence-electron chi connectivity index (χ2n) is 6.59. The standard InChI is InChI=1S/C17H34FN/c1-2-3-4-5-6-7-8-9-10-11-13-17(18)14-12-16(19)15-17/h16H,2-15,19H2,1H3. The van der Waals surface area contributed by atoms with E-state index in [-0.39, 0.29) is 6.04 Å². The molecule has 2 unspecified atom stereocenters. The molecule has 0 amide bonds. The molecule has 0 spiro atoms. The molecule has 1 rings (SSSR count). The molecule has 1 nitrogen and oxygen atoms in total. The van der Waals surface area contributed by atoms with Crippen molar-refractivity contribution >= 4 is 0 Å². The Labute approximate surface area is 119 Å². The summed E-state index contributed by atoms with van der Waals surface area (Å²) in [7, 11) is 0. The number of hydrogen-bond donors (Lipinski definition) is 1. The summed E-state index contributed by atoms with van der Waals surface area (Å²) in [6.07, 6.45) is 16.1. The van der Waals surface area contributed by atoms with Crippen LogP contribution >= 0.6 is 0 Å². The van der Waals surface area contributed by atoms with Crippen LogP contribution in [0.2, 0.25) is 0 Å². The van der Waals surface area contributed by atoms with E-state index in [2.05, 4.69) is 6.92 Å². The van der Waals surface area contributed by atoms with Gasteiger partial charge in [-0.05, 0) is 25.7 Å². The van der Waals surface area contributed by atoms with Gasteiger partial charge in [0.2, 0.25) is 0 Å². The molecule has 0 heterocycles. The first-order chi connectivity index (χ1) is 9.16. The summed E-state index contributed by atoms with van der Waals surface area (Å²) in [5.74, 6) is 0. The van der Waals surface area contributed by atoms with Crippen LogP contribution in [-0.4, -0.2) is 11.7 Å². The van der Waals surface area contributed by atoms with E-state index in [0.29, 0.717) is 12.8 Å². The Morgan fingerprint density at radius 3 is 1.95 bits per heavy atom. The highest BCUT2D eigenvalue weighted by Crippen LogP contribution is 2.37. The van der Waals surface area contributed by atoms with Crippen molar-refractivity contribution in [2.45, 2.75) is 109 Å². The molecular weight excluding hydrogens is 237 g/mol. The predicted molar refractivity (Wildman–Crippen MR) is 82.1 cm³/mol. The molecule has 2 atom stereocenters. The van der Waals surface area contributed by atoms with Crippen LogP contribution < -0.4 is 5.73 Å². The fourth-order valence-electron chi connectivity index (χ4n) is 3.27. The molecule has 1 aliphatic carbocycles. The molecule has 0 aromatic rings. The third kappa shape index (κ3) is 7.91. The van der Waals surface area contributed by atoms with Crippen molar-refractivity contribution in [1.82, 2.24) is 0 Å². The van der Waals surface area contributed by atoms with Crippen molar-refractivity contribution in [2.24, 2.45) is 5.73 Å². The molecule has 0 radical (unpaired) electrons. The average Bonchev–Trinajstić information content (AvgIpc) is 2.72. The van der Waals surface area contributed by atoms with Gasteiger partial charge in [0.15, 0.2) is 0 Å². The lowest BCUT2D eigenvalue weighted by Gasteiger charge is -2.18. The Kier molecular flexibility index (Phi) is 8.69. The van der Waals surface area contributed by atoms with E-state index in [1.54, 1.807) is 0 Å². The van der Waals surface area contributed by atoms with Crippen LogP contribution in [0.3, 0.4) is 0 Å². The van der Waals surface area contributed by atoms with Gasteiger partial charge in [0.25, 0.3) is 0 Å². The zero-order valence-electron chi connectivity index (χ0n) is 12.9. The zero-order chi connectivity index (χ0) is 14.0. The Morgan fingerprint density at radius 1 is 0.947 bits per heavy atom. The number of nitrogens with two attached hydrogens (primary N) is 1. The molecular formula is C17H34FN. The second kappa shape index (κ2) is 9.74. The van der Waals surface area contributed by atoms with Gasteiger partial charge in [-0.25, -0.2) is 4.39 Å². The minimum absolute atomic E-state index is 0.119. The lowest BCUT2D eigenvalue weighted by molar-refractivity contribution is 0.152. The normalized spacial score (nSPS) is 27.0. The number of halogens is 1. The summed E-state index contributed by atoms with van der Waals surface area (Å²) >= 11 is 0. The quantitative estimate of drug-likeness (QED) is 0.492. The smallest absolute Gasteiger partial charge is 0.112 e. The molecule has 1 fully saturated rings. The highest BCUT2D eigenvalue weighted by molar-refractivity contribution is 4.91. The van der Waals surface area contributed by atoms with Gasteiger partial charge < -0.3 is 5.73 Å². The maximum atomic E-state index is 14.2. The lowest BCUT2D eigenvalue weighted by Crippen LogP contribution is -2.23. The second-order valence-corrected chi connectivity index (χ2v) is 6.59. The first-order valence-corrected chi connectivity index (χ1v) is 8.61. The highest BCUT2D eigenvalue weighted by Gasteiger charge is 2.36. The van der Waals surface area contributed by atoms with Gasteiger partial charge in [-0.1, -0.05) is 71.1 Å². The van der Waals surface area contributed by atoms with E-state index < -0.39 is 5.67 Å². The van der Waals surface area contributed by atoms with Crippen molar-refractivity contribution in [2.75, 3.05) is 0 Å². The first-order valence-electron chi connectivity index (χ1n) is 8.61. The van der Waals surface area contributed by atoms with Gasteiger partial charge in [-0.2, -0.15) is 0 Å². The molecule has 0 aromatic carbocycles. The molecule has 1 saturated carbocycles. The molecule has 1 aliphatic rings. The van der Waals surface area contributed by atoms with E-state index in [0.717, 1.165) is 19.3 Å². The molecule has 0 saturated heterocycles. The highest BCUT2D eigenvalue weighted by atomic mass is 19.1. The Hall–Kier alpha value is -0.110. The summed E-state index contributed by atoms with van der Waals surface area (Å²) in [5.41, 5.74) is 4.87. The van der Waals surface area contributed by atoms with Crippen molar-refractivity contribution in [1.29, 1.82) is 0 Å². The maximum Gasteiger partial charge on any atom is 0.112 e. The van der Waals surface area contributed by atoms with Gasteiger partial charge in [0.1, 0.15) is 5.67 Å². The fraction of sp³-hybridized carbons (Fsp3) is 1.00. The lowest BCUT2D eigenvalue weighted by atomic mass is 9.95. The Bertz CT molecular complexity index is 219.